The van der Waals surface area contributed by atoms with Crippen molar-refractivity contribution in [3.05, 3.63) is 69.1 Å². The summed E-state index contributed by atoms with van der Waals surface area (Å²) in [5.41, 5.74) is 2.54. The van der Waals surface area contributed by atoms with Gasteiger partial charge in [0.2, 0.25) is 0 Å². The predicted molar refractivity (Wildman–Crippen MR) is 111 cm³/mol. The van der Waals surface area contributed by atoms with E-state index in [0.29, 0.717) is 28.1 Å². The van der Waals surface area contributed by atoms with E-state index in [4.69, 9.17) is 9.57 Å². The van der Waals surface area contributed by atoms with E-state index < -0.39 is 16.7 Å². The lowest BCUT2D eigenvalue weighted by Crippen LogP contribution is -2.33. The molecule has 0 N–H and O–H groups in total. The quantitative estimate of drug-likeness (QED) is 0.406. The fourth-order valence-electron chi connectivity index (χ4n) is 3.25. The number of rotatable bonds is 7. The number of nitrogens with zero attached hydrogens (tertiary/aromatic N) is 5. The summed E-state index contributed by atoms with van der Waals surface area (Å²) in [7, 11) is 1.47. The van der Waals surface area contributed by atoms with Crippen LogP contribution in [-0.4, -0.2) is 32.6 Å². The summed E-state index contributed by atoms with van der Waals surface area (Å²) in [6.45, 7) is 5.60. The lowest BCUT2D eigenvalue weighted by atomic mass is 10.0. The Bertz CT molecular complexity index is 1200. The molecule has 0 spiro atoms. The highest BCUT2D eigenvalue weighted by atomic mass is 19.4. The second kappa shape index (κ2) is 9.25. The summed E-state index contributed by atoms with van der Waals surface area (Å²) in [6, 6.07) is 10.5. The molecular weight excluding hydrogens is 427 g/mol. The molecule has 0 atom stereocenters. The molecule has 0 saturated heterocycles. The van der Waals surface area contributed by atoms with Gasteiger partial charge < -0.3 is 9.57 Å². The van der Waals surface area contributed by atoms with Gasteiger partial charge in [-0.15, -0.1) is 13.2 Å². The van der Waals surface area contributed by atoms with Gasteiger partial charge in [0.25, 0.3) is 0 Å². The van der Waals surface area contributed by atoms with Crippen molar-refractivity contribution in [3.63, 3.8) is 0 Å². The number of ether oxygens (including phenoxy) is 1. The van der Waals surface area contributed by atoms with Crippen molar-refractivity contribution < 1.29 is 22.7 Å². The van der Waals surface area contributed by atoms with Crippen LogP contribution in [0.5, 0.6) is 5.75 Å². The average molecular weight is 449 g/mol. The normalized spacial score (nSPS) is 12.2. The Balaban J connectivity index is 1.96. The van der Waals surface area contributed by atoms with Gasteiger partial charge in [0.1, 0.15) is 19.5 Å². The Hall–Kier alpha value is -3.63. The average Bonchev–Trinajstić information content (AvgIpc) is 3.14. The molecule has 170 valence electrons. The molecule has 3 aromatic rings. The summed E-state index contributed by atoms with van der Waals surface area (Å²) in [4.78, 5) is 17.1. The zero-order chi connectivity index (χ0) is 23.5. The lowest BCUT2D eigenvalue weighted by molar-refractivity contribution is -0.215. The van der Waals surface area contributed by atoms with Gasteiger partial charge in [-0.05, 0) is 71.7 Å². The molecule has 0 bridgehead atoms. The molecule has 1 aromatic heterocycles. The third-order valence-corrected chi connectivity index (χ3v) is 4.87. The molecule has 0 aliphatic heterocycles. The molecule has 2 aromatic carbocycles. The van der Waals surface area contributed by atoms with E-state index in [0.717, 1.165) is 16.7 Å². The minimum absolute atomic E-state index is 0.0238. The van der Waals surface area contributed by atoms with Gasteiger partial charge >= 0.3 is 12.0 Å². The smallest absolute Gasteiger partial charge is 0.489 e. The van der Waals surface area contributed by atoms with E-state index in [-0.39, 0.29) is 12.3 Å². The standard InChI is InChI=1S/C21H22F3N5O3/c1-5-15-7-6-8-18(28-20(30)29(27-26-28)21(22,23)24)17(15)12-32-19-10-9-16(11-13(19)2)14(3)25-31-4/h6-11H,5,12H2,1-4H3/b25-14+. The number of tetrazole rings is 1. The Morgan fingerprint density at radius 1 is 1.19 bits per heavy atom. The number of benzene rings is 2. The monoisotopic (exact) mass is 449 g/mol. The number of alkyl halides is 3. The van der Waals surface area contributed by atoms with Gasteiger partial charge in [-0.2, -0.15) is 4.68 Å². The Morgan fingerprint density at radius 3 is 2.53 bits per heavy atom. The van der Waals surface area contributed by atoms with Crippen LogP contribution in [0.1, 0.15) is 36.1 Å². The van der Waals surface area contributed by atoms with Crippen molar-refractivity contribution in [2.75, 3.05) is 7.11 Å². The molecule has 32 heavy (non-hydrogen) atoms. The van der Waals surface area contributed by atoms with E-state index in [1.165, 1.54) is 13.2 Å². The van der Waals surface area contributed by atoms with Crippen LogP contribution in [0.15, 0.2) is 46.3 Å². The number of hydrogen-bond acceptors (Lipinski definition) is 6. The molecule has 0 unspecified atom stereocenters. The molecule has 0 fully saturated rings. The highest BCUT2D eigenvalue weighted by Gasteiger charge is 2.36. The van der Waals surface area contributed by atoms with Crippen LogP contribution in [0.3, 0.4) is 0 Å². The van der Waals surface area contributed by atoms with E-state index in [1.807, 2.05) is 39.0 Å². The number of halogens is 3. The number of hydrogen-bond donors (Lipinski definition) is 0. The van der Waals surface area contributed by atoms with Crippen LogP contribution in [0.4, 0.5) is 13.2 Å². The summed E-state index contributed by atoms with van der Waals surface area (Å²) in [5.74, 6) is 0.585. The topological polar surface area (TPSA) is 83.5 Å². The molecular formula is C21H22F3N5O3. The first-order valence-corrected chi connectivity index (χ1v) is 9.72. The lowest BCUT2D eigenvalue weighted by Gasteiger charge is -2.16. The maximum absolute atomic E-state index is 13.0. The third-order valence-electron chi connectivity index (χ3n) is 4.87. The summed E-state index contributed by atoms with van der Waals surface area (Å²) >= 11 is 0. The Labute approximate surface area is 181 Å². The van der Waals surface area contributed by atoms with Gasteiger partial charge in [-0.3, -0.25) is 0 Å². The first kappa shape index (κ1) is 23.0. The van der Waals surface area contributed by atoms with Crippen molar-refractivity contribution >= 4 is 5.71 Å². The van der Waals surface area contributed by atoms with Gasteiger partial charge in [-0.25, -0.2) is 4.79 Å². The molecule has 3 rings (SSSR count). The number of aryl methyl sites for hydroxylation is 2. The summed E-state index contributed by atoms with van der Waals surface area (Å²) in [6.07, 6.45) is -4.38. The first-order valence-electron chi connectivity index (χ1n) is 9.72. The van der Waals surface area contributed by atoms with Gasteiger partial charge in [0.05, 0.1) is 11.4 Å². The second-order valence-corrected chi connectivity index (χ2v) is 6.95. The van der Waals surface area contributed by atoms with Crippen LogP contribution in [0.2, 0.25) is 0 Å². The van der Waals surface area contributed by atoms with E-state index in [9.17, 15) is 18.0 Å². The molecule has 0 amide bonds. The molecule has 1 heterocycles. The molecule has 0 aliphatic carbocycles. The molecule has 0 saturated carbocycles. The van der Waals surface area contributed by atoms with E-state index in [1.54, 1.807) is 12.1 Å². The zero-order valence-electron chi connectivity index (χ0n) is 18.0. The Kier molecular flexibility index (Phi) is 6.66. The minimum atomic E-state index is -4.96. The molecule has 8 nitrogen and oxygen atoms in total. The fraction of sp³-hybridized carbons (Fsp3) is 0.333. The van der Waals surface area contributed by atoms with E-state index >= 15 is 0 Å². The first-order chi connectivity index (χ1) is 15.2. The summed E-state index contributed by atoms with van der Waals surface area (Å²) < 4.78 is 44.9. The highest BCUT2D eigenvalue weighted by Crippen LogP contribution is 2.25. The fourth-order valence-corrected chi connectivity index (χ4v) is 3.25. The van der Waals surface area contributed by atoms with Crippen molar-refractivity contribution in [2.24, 2.45) is 5.16 Å². The third kappa shape index (κ3) is 4.66. The maximum Gasteiger partial charge on any atom is 0.510 e. The van der Waals surface area contributed by atoms with Crippen LogP contribution in [-0.2, 0) is 24.2 Å². The van der Waals surface area contributed by atoms with Gasteiger partial charge in [0.15, 0.2) is 0 Å². The van der Waals surface area contributed by atoms with Crippen LogP contribution in [0.25, 0.3) is 5.69 Å². The van der Waals surface area contributed by atoms with Crippen molar-refractivity contribution in [3.8, 4) is 11.4 Å². The second-order valence-electron chi connectivity index (χ2n) is 6.95. The highest BCUT2D eigenvalue weighted by molar-refractivity contribution is 5.98. The van der Waals surface area contributed by atoms with Crippen LogP contribution in [0, 0.1) is 6.92 Å². The van der Waals surface area contributed by atoms with Crippen molar-refractivity contribution in [1.29, 1.82) is 0 Å². The van der Waals surface area contributed by atoms with Gasteiger partial charge in [-0.1, -0.05) is 28.9 Å². The molecule has 0 aliphatic rings. The SMILES string of the molecule is CCc1cccc(-n2nnn(C(F)(F)F)c2=O)c1COc1ccc(/C(C)=N/OC)cc1C. The van der Waals surface area contributed by atoms with Crippen molar-refractivity contribution in [1.82, 2.24) is 19.8 Å². The van der Waals surface area contributed by atoms with Crippen LogP contribution >= 0.6 is 0 Å². The van der Waals surface area contributed by atoms with E-state index in [2.05, 4.69) is 15.6 Å². The van der Waals surface area contributed by atoms with Crippen molar-refractivity contribution in [2.45, 2.75) is 40.1 Å². The van der Waals surface area contributed by atoms with Crippen LogP contribution < -0.4 is 10.4 Å². The molecule has 0 radical (unpaired) electrons. The Morgan fingerprint density at radius 2 is 1.94 bits per heavy atom. The zero-order valence-corrected chi connectivity index (χ0v) is 18.0. The number of oxime groups is 1. The number of aromatic nitrogens is 4. The van der Waals surface area contributed by atoms with Gasteiger partial charge in [0, 0.05) is 5.56 Å². The largest absolute Gasteiger partial charge is 0.510 e. The summed E-state index contributed by atoms with van der Waals surface area (Å²) in [5, 5.41) is 10.3. The predicted octanol–water partition coefficient (Wildman–Crippen LogP) is 3.73. The maximum atomic E-state index is 13.0. The minimum Gasteiger partial charge on any atom is -0.489 e. The molecule has 11 heteroatoms.